The van der Waals surface area contributed by atoms with E-state index in [9.17, 15) is 13.2 Å². The van der Waals surface area contributed by atoms with Gasteiger partial charge in [0.2, 0.25) is 15.9 Å². The molecule has 2 N–H and O–H groups in total. The normalized spacial score (nSPS) is 21.2. The zero-order valence-corrected chi connectivity index (χ0v) is 16.6. The highest BCUT2D eigenvalue weighted by molar-refractivity contribution is 7.89. The predicted molar refractivity (Wildman–Crippen MR) is 104 cm³/mol. The van der Waals surface area contributed by atoms with Crippen LogP contribution in [0.4, 0.5) is 0 Å². The Morgan fingerprint density at radius 2 is 1.85 bits per heavy atom. The van der Waals surface area contributed by atoms with E-state index in [0.717, 1.165) is 44.3 Å². The number of nitrogens with zero attached hydrogens (tertiary/aromatic N) is 1. The van der Waals surface area contributed by atoms with Gasteiger partial charge >= 0.3 is 0 Å². The van der Waals surface area contributed by atoms with Crippen LogP contribution in [-0.4, -0.2) is 50.9 Å². The van der Waals surface area contributed by atoms with Gasteiger partial charge in [-0.15, -0.1) is 12.4 Å². The van der Waals surface area contributed by atoms with E-state index in [1.165, 1.54) is 0 Å². The number of benzene rings is 1. The Balaban J connectivity index is 0.00000243. The molecule has 0 aromatic heterocycles. The molecule has 1 unspecified atom stereocenters. The van der Waals surface area contributed by atoms with Gasteiger partial charge in [-0.3, -0.25) is 4.79 Å². The van der Waals surface area contributed by atoms with Crippen LogP contribution in [0.1, 0.15) is 37.7 Å². The van der Waals surface area contributed by atoms with E-state index >= 15 is 0 Å². The lowest BCUT2D eigenvalue weighted by atomic mass is 10.1. The Labute approximate surface area is 162 Å². The average molecular weight is 402 g/mol. The maximum Gasteiger partial charge on any atom is 0.243 e. The summed E-state index contributed by atoms with van der Waals surface area (Å²) in [5.74, 6) is 0.0544. The SMILES string of the molecule is Cl.O=C(CCc1ccc(S(=O)(=O)N2CCCCC2)cc1)NC1CCNC1. The van der Waals surface area contributed by atoms with Crippen LogP contribution in [-0.2, 0) is 21.2 Å². The van der Waals surface area contributed by atoms with Gasteiger partial charge in [-0.05, 0) is 49.9 Å². The Morgan fingerprint density at radius 1 is 1.15 bits per heavy atom. The van der Waals surface area contributed by atoms with E-state index in [4.69, 9.17) is 0 Å². The van der Waals surface area contributed by atoms with Crippen molar-refractivity contribution in [3.63, 3.8) is 0 Å². The lowest BCUT2D eigenvalue weighted by Gasteiger charge is -2.25. The summed E-state index contributed by atoms with van der Waals surface area (Å²) >= 11 is 0. The molecule has 0 bridgehead atoms. The van der Waals surface area contributed by atoms with E-state index < -0.39 is 10.0 Å². The molecule has 1 aromatic carbocycles. The highest BCUT2D eigenvalue weighted by Gasteiger charge is 2.25. The fraction of sp³-hybridized carbons (Fsp3) is 0.611. The summed E-state index contributed by atoms with van der Waals surface area (Å²) < 4.78 is 26.8. The first-order chi connectivity index (χ1) is 12.1. The van der Waals surface area contributed by atoms with Crippen LogP contribution < -0.4 is 10.6 Å². The number of rotatable bonds is 6. The molecule has 26 heavy (non-hydrogen) atoms. The first-order valence-corrected chi connectivity index (χ1v) is 10.6. The van der Waals surface area contributed by atoms with Gasteiger partial charge in [0.05, 0.1) is 4.90 Å². The standard InChI is InChI=1S/C18H27N3O3S.ClH/c22-18(20-16-10-11-19-14-16)9-6-15-4-7-17(8-5-15)25(23,24)21-12-2-1-3-13-21;/h4-5,7-8,16,19H,1-3,6,9-14H2,(H,20,22);1H. The Hall–Kier alpha value is -1.15. The number of sulfonamides is 1. The Morgan fingerprint density at radius 3 is 2.46 bits per heavy atom. The molecule has 1 atom stereocenters. The van der Waals surface area contributed by atoms with Gasteiger partial charge in [0.15, 0.2) is 0 Å². The maximum absolute atomic E-state index is 12.6. The molecule has 6 nitrogen and oxygen atoms in total. The van der Waals surface area contributed by atoms with Crippen molar-refractivity contribution < 1.29 is 13.2 Å². The van der Waals surface area contributed by atoms with Gasteiger partial charge in [0, 0.05) is 32.1 Å². The van der Waals surface area contributed by atoms with E-state index in [1.54, 1.807) is 16.4 Å². The highest BCUT2D eigenvalue weighted by atomic mass is 35.5. The largest absolute Gasteiger partial charge is 0.352 e. The first-order valence-electron chi connectivity index (χ1n) is 9.15. The number of halogens is 1. The zero-order chi connectivity index (χ0) is 17.7. The second-order valence-electron chi connectivity index (χ2n) is 6.87. The predicted octanol–water partition coefficient (Wildman–Crippen LogP) is 1.69. The number of carbonyl (C=O) groups is 1. The fourth-order valence-electron chi connectivity index (χ4n) is 3.42. The molecular weight excluding hydrogens is 374 g/mol. The summed E-state index contributed by atoms with van der Waals surface area (Å²) in [6.45, 7) is 3.02. The molecule has 2 fully saturated rings. The van der Waals surface area contributed by atoms with Crippen molar-refractivity contribution in [1.82, 2.24) is 14.9 Å². The number of carbonyl (C=O) groups excluding carboxylic acids is 1. The molecular formula is C18H28ClN3O3S. The molecule has 0 spiro atoms. The third-order valence-electron chi connectivity index (χ3n) is 4.94. The molecule has 0 radical (unpaired) electrons. The van der Waals surface area contributed by atoms with Gasteiger partial charge in [0.25, 0.3) is 0 Å². The van der Waals surface area contributed by atoms with Crippen molar-refractivity contribution in [1.29, 1.82) is 0 Å². The van der Waals surface area contributed by atoms with Crippen molar-refractivity contribution in [3.05, 3.63) is 29.8 Å². The summed E-state index contributed by atoms with van der Waals surface area (Å²) in [6, 6.07) is 7.21. The molecule has 1 aromatic rings. The zero-order valence-electron chi connectivity index (χ0n) is 14.9. The summed E-state index contributed by atoms with van der Waals surface area (Å²) in [5, 5.41) is 6.25. The van der Waals surface area contributed by atoms with Crippen LogP contribution in [0.25, 0.3) is 0 Å². The molecule has 2 saturated heterocycles. The van der Waals surface area contributed by atoms with Crippen molar-refractivity contribution in [2.75, 3.05) is 26.2 Å². The molecule has 2 aliphatic rings. The van der Waals surface area contributed by atoms with Crippen LogP contribution >= 0.6 is 12.4 Å². The number of nitrogens with one attached hydrogen (secondary N) is 2. The summed E-state index contributed by atoms with van der Waals surface area (Å²) in [5.41, 5.74) is 0.984. The van der Waals surface area contributed by atoms with Gasteiger partial charge in [-0.1, -0.05) is 18.6 Å². The smallest absolute Gasteiger partial charge is 0.243 e. The van der Waals surface area contributed by atoms with E-state index in [-0.39, 0.29) is 24.4 Å². The van der Waals surface area contributed by atoms with Crippen LogP contribution in [0.5, 0.6) is 0 Å². The Bertz CT molecular complexity index is 682. The highest BCUT2D eigenvalue weighted by Crippen LogP contribution is 2.21. The first kappa shape index (κ1) is 21.2. The topological polar surface area (TPSA) is 78.5 Å². The molecule has 146 valence electrons. The third-order valence-corrected chi connectivity index (χ3v) is 6.86. The molecule has 2 aliphatic heterocycles. The fourth-order valence-corrected chi connectivity index (χ4v) is 4.94. The van der Waals surface area contributed by atoms with Crippen LogP contribution in [0.15, 0.2) is 29.2 Å². The molecule has 0 saturated carbocycles. The van der Waals surface area contributed by atoms with E-state index in [1.807, 2.05) is 12.1 Å². The lowest BCUT2D eigenvalue weighted by molar-refractivity contribution is -0.121. The summed E-state index contributed by atoms with van der Waals surface area (Å²) in [6.07, 6.45) is 5.00. The Kier molecular flexibility index (Phi) is 7.88. The molecule has 2 heterocycles. The van der Waals surface area contributed by atoms with E-state index in [0.29, 0.717) is 30.8 Å². The van der Waals surface area contributed by atoms with Crippen molar-refractivity contribution >= 4 is 28.3 Å². The van der Waals surface area contributed by atoms with Gasteiger partial charge in [-0.25, -0.2) is 8.42 Å². The van der Waals surface area contributed by atoms with Crippen molar-refractivity contribution in [2.24, 2.45) is 0 Å². The minimum Gasteiger partial charge on any atom is -0.352 e. The van der Waals surface area contributed by atoms with Gasteiger partial charge in [-0.2, -0.15) is 4.31 Å². The second kappa shape index (κ2) is 9.69. The average Bonchev–Trinajstić information content (AvgIpc) is 3.14. The summed E-state index contributed by atoms with van der Waals surface area (Å²) in [4.78, 5) is 12.3. The molecule has 1 amide bonds. The van der Waals surface area contributed by atoms with Crippen LogP contribution in [0, 0.1) is 0 Å². The quantitative estimate of drug-likeness (QED) is 0.760. The van der Waals surface area contributed by atoms with E-state index in [2.05, 4.69) is 10.6 Å². The van der Waals surface area contributed by atoms with Crippen LogP contribution in [0.3, 0.4) is 0 Å². The number of piperidine rings is 1. The lowest BCUT2D eigenvalue weighted by Crippen LogP contribution is -2.36. The van der Waals surface area contributed by atoms with Crippen molar-refractivity contribution in [2.45, 2.75) is 49.5 Å². The monoisotopic (exact) mass is 401 g/mol. The third kappa shape index (κ3) is 5.42. The van der Waals surface area contributed by atoms with Gasteiger partial charge < -0.3 is 10.6 Å². The molecule has 8 heteroatoms. The van der Waals surface area contributed by atoms with Crippen LogP contribution in [0.2, 0.25) is 0 Å². The number of aryl methyl sites for hydroxylation is 1. The molecule has 0 aliphatic carbocycles. The minimum absolute atomic E-state index is 0. The maximum atomic E-state index is 12.6. The summed E-state index contributed by atoms with van der Waals surface area (Å²) in [7, 11) is -3.38. The van der Waals surface area contributed by atoms with Gasteiger partial charge in [0.1, 0.15) is 0 Å². The second-order valence-corrected chi connectivity index (χ2v) is 8.80. The number of amides is 1. The molecule has 3 rings (SSSR count). The number of hydrogen-bond donors (Lipinski definition) is 2. The number of hydrogen-bond acceptors (Lipinski definition) is 4. The van der Waals surface area contributed by atoms with Crippen molar-refractivity contribution in [3.8, 4) is 0 Å². The minimum atomic E-state index is -3.38.